The number of rotatable bonds is 4. The Labute approximate surface area is 177 Å². The standard InChI is InChI=1S/C22H12F3N3O2S/c23-22(24,25)17-9-20(29)30-19-8-15(6-7-16(17)19)27-11-14(10-26)21-28-18(12-31-21)13-4-2-1-3-5-13/h1-9,11-12,27H/b14-11+. The second-order valence-electron chi connectivity index (χ2n) is 6.41. The first-order valence-electron chi connectivity index (χ1n) is 8.88. The number of alkyl halides is 3. The Balaban J connectivity index is 1.63. The van der Waals surface area contributed by atoms with E-state index in [1.54, 1.807) is 0 Å². The Morgan fingerprint density at radius 2 is 1.94 bits per heavy atom. The molecule has 0 unspecified atom stereocenters. The molecule has 2 aromatic heterocycles. The van der Waals surface area contributed by atoms with Gasteiger partial charge in [-0.25, -0.2) is 9.78 Å². The van der Waals surface area contributed by atoms with Crippen molar-refractivity contribution >= 4 is 33.6 Å². The van der Waals surface area contributed by atoms with Crippen molar-refractivity contribution in [3.8, 4) is 17.3 Å². The SMILES string of the molecule is N#C/C(=C\Nc1ccc2c(C(F)(F)F)cc(=O)oc2c1)c1nc(-c2ccccc2)cs1. The van der Waals surface area contributed by atoms with E-state index in [4.69, 9.17) is 4.42 Å². The number of allylic oxidation sites excluding steroid dienone is 1. The molecule has 4 aromatic rings. The summed E-state index contributed by atoms with van der Waals surface area (Å²) in [7, 11) is 0. The van der Waals surface area contributed by atoms with Crippen molar-refractivity contribution < 1.29 is 17.6 Å². The average Bonchev–Trinajstić information content (AvgIpc) is 3.23. The van der Waals surface area contributed by atoms with Crippen LogP contribution in [0, 0.1) is 11.3 Å². The molecule has 0 spiro atoms. The van der Waals surface area contributed by atoms with Crippen molar-refractivity contribution in [2.75, 3.05) is 5.32 Å². The number of anilines is 1. The van der Waals surface area contributed by atoms with Crippen molar-refractivity contribution in [1.82, 2.24) is 4.98 Å². The highest BCUT2D eigenvalue weighted by Crippen LogP contribution is 2.34. The fourth-order valence-electron chi connectivity index (χ4n) is 2.92. The van der Waals surface area contributed by atoms with Gasteiger partial charge in [0, 0.05) is 40.3 Å². The maximum absolute atomic E-state index is 13.2. The van der Waals surface area contributed by atoms with Crippen molar-refractivity contribution in [3.63, 3.8) is 0 Å². The smallest absolute Gasteiger partial charge is 0.417 e. The Hall–Kier alpha value is -3.90. The summed E-state index contributed by atoms with van der Waals surface area (Å²) in [6, 6.07) is 15.8. The molecule has 0 aliphatic carbocycles. The van der Waals surface area contributed by atoms with Crippen LogP contribution >= 0.6 is 11.3 Å². The molecular formula is C22H12F3N3O2S. The number of nitriles is 1. The summed E-state index contributed by atoms with van der Waals surface area (Å²) in [5.74, 6) is 0. The molecule has 0 saturated carbocycles. The van der Waals surface area contributed by atoms with Gasteiger partial charge in [-0.2, -0.15) is 18.4 Å². The third kappa shape index (κ3) is 4.34. The van der Waals surface area contributed by atoms with Gasteiger partial charge in [0.15, 0.2) is 0 Å². The van der Waals surface area contributed by atoms with Crippen LogP contribution in [0.2, 0.25) is 0 Å². The third-order valence-electron chi connectivity index (χ3n) is 4.36. The number of halogens is 3. The van der Waals surface area contributed by atoms with Gasteiger partial charge in [-0.15, -0.1) is 11.3 Å². The van der Waals surface area contributed by atoms with Crippen molar-refractivity contribution in [2.24, 2.45) is 0 Å². The van der Waals surface area contributed by atoms with E-state index in [1.165, 1.54) is 35.7 Å². The van der Waals surface area contributed by atoms with Crippen LogP contribution in [0.4, 0.5) is 18.9 Å². The number of fused-ring (bicyclic) bond motifs is 1. The summed E-state index contributed by atoms with van der Waals surface area (Å²) in [6.07, 6.45) is -3.28. The molecule has 31 heavy (non-hydrogen) atoms. The van der Waals surface area contributed by atoms with Gasteiger partial charge in [-0.05, 0) is 12.1 Å². The lowest BCUT2D eigenvalue weighted by Crippen LogP contribution is -2.11. The van der Waals surface area contributed by atoms with Gasteiger partial charge in [0.1, 0.15) is 22.2 Å². The van der Waals surface area contributed by atoms with Crippen LogP contribution in [-0.4, -0.2) is 4.98 Å². The number of nitrogens with zero attached hydrogens (tertiary/aromatic N) is 2. The molecule has 0 fully saturated rings. The quantitative estimate of drug-likeness (QED) is 0.316. The summed E-state index contributed by atoms with van der Waals surface area (Å²) in [6.45, 7) is 0. The maximum Gasteiger partial charge on any atom is 0.417 e. The zero-order valence-electron chi connectivity index (χ0n) is 15.6. The van der Waals surface area contributed by atoms with Gasteiger partial charge >= 0.3 is 11.8 Å². The number of aromatic nitrogens is 1. The molecule has 4 rings (SSSR count). The molecule has 0 atom stereocenters. The van der Waals surface area contributed by atoms with E-state index in [0.717, 1.165) is 11.3 Å². The van der Waals surface area contributed by atoms with Gasteiger partial charge in [0.05, 0.1) is 11.3 Å². The van der Waals surface area contributed by atoms with Gasteiger partial charge in [-0.3, -0.25) is 0 Å². The molecule has 0 amide bonds. The number of hydrogen-bond donors (Lipinski definition) is 1. The Morgan fingerprint density at radius 1 is 1.16 bits per heavy atom. The number of benzene rings is 2. The fourth-order valence-corrected chi connectivity index (χ4v) is 3.72. The molecule has 154 valence electrons. The highest BCUT2D eigenvalue weighted by atomic mass is 32.1. The molecule has 0 aliphatic rings. The molecule has 9 heteroatoms. The summed E-state index contributed by atoms with van der Waals surface area (Å²) in [5, 5.41) is 14.4. The zero-order valence-corrected chi connectivity index (χ0v) is 16.4. The summed E-state index contributed by atoms with van der Waals surface area (Å²) < 4.78 is 44.4. The van der Waals surface area contributed by atoms with E-state index in [9.17, 15) is 23.2 Å². The van der Waals surface area contributed by atoms with Gasteiger partial charge in [-0.1, -0.05) is 30.3 Å². The van der Waals surface area contributed by atoms with Crippen molar-refractivity contribution in [2.45, 2.75) is 6.18 Å². The van der Waals surface area contributed by atoms with E-state index in [-0.39, 0.29) is 16.5 Å². The topological polar surface area (TPSA) is 78.9 Å². The molecule has 5 nitrogen and oxygen atoms in total. The maximum atomic E-state index is 13.2. The van der Waals surface area contributed by atoms with E-state index >= 15 is 0 Å². The number of thiazole rings is 1. The Bertz CT molecular complexity index is 1380. The van der Waals surface area contributed by atoms with E-state index in [1.807, 2.05) is 35.7 Å². The third-order valence-corrected chi connectivity index (χ3v) is 5.23. The first-order chi connectivity index (χ1) is 14.8. The molecule has 0 saturated heterocycles. The number of hydrogen-bond acceptors (Lipinski definition) is 6. The van der Waals surface area contributed by atoms with E-state index in [2.05, 4.69) is 16.4 Å². The summed E-state index contributed by atoms with van der Waals surface area (Å²) >= 11 is 1.29. The van der Waals surface area contributed by atoms with Crippen LogP contribution < -0.4 is 10.9 Å². The van der Waals surface area contributed by atoms with Crippen LogP contribution in [0.3, 0.4) is 0 Å². The predicted molar refractivity (Wildman–Crippen MR) is 112 cm³/mol. The van der Waals surface area contributed by atoms with Gasteiger partial charge in [0.2, 0.25) is 0 Å². The summed E-state index contributed by atoms with van der Waals surface area (Å²) in [4.78, 5) is 16.0. The first kappa shape index (κ1) is 20.4. The average molecular weight is 439 g/mol. The highest BCUT2D eigenvalue weighted by Gasteiger charge is 2.33. The predicted octanol–water partition coefficient (Wildman–Crippen LogP) is 5.91. The molecule has 2 aromatic carbocycles. The highest BCUT2D eigenvalue weighted by molar-refractivity contribution is 7.11. The Kier molecular flexibility index (Phi) is 5.31. The Morgan fingerprint density at radius 3 is 2.65 bits per heavy atom. The second kappa shape index (κ2) is 8.08. The zero-order chi connectivity index (χ0) is 22.0. The molecule has 0 bridgehead atoms. The largest absolute Gasteiger partial charge is 0.423 e. The van der Waals surface area contributed by atoms with Gasteiger partial charge < -0.3 is 9.73 Å². The second-order valence-corrected chi connectivity index (χ2v) is 7.26. The van der Waals surface area contributed by atoms with Crippen LogP contribution in [-0.2, 0) is 6.18 Å². The molecule has 1 N–H and O–H groups in total. The number of nitrogens with one attached hydrogen (secondary N) is 1. The molecule has 0 radical (unpaired) electrons. The molecule has 0 aliphatic heterocycles. The van der Waals surface area contributed by atoms with E-state index < -0.39 is 17.4 Å². The van der Waals surface area contributed by atoms with Crippen molar-refractivity contribution in [3.05, 3.63) is 87.2 Å². The normalized spacial score (nSPS) is 12.0. The minimum absolute atomic E-state index is 0.211. The first-order valence-corrected chi connectivity index (χ1v) is 9.76. The van der Waals surface area contributed by atoms with E-state index in [0.29, 0.717) is 16.8 Å². The van der Waals surface area contributed by atoms with Crippen molar-refractivity contribution in [1.29, 1.82) is 5.26 Å². The summed E-state index contributed by atoms with van der Waals surface area (Å²) in [5.41, 5.74) is -0.122. The van der Waals surface area contributed by atoms with Gasteiger partial charge in [0.25, 0.3) is 0 Å². The monoisotopic (exact) mass is 439 g/mol. The lowest BCUT2D eigenvalue weighted by molar-refractivity contribution is -0.136. The minimum Gasteiger partial charge on any atom is -0.423 e. The lowest BCUT2D eigenvalue weighted by Gasteiger charge is -2.10. The molecular weight excluding hydrogens is 427 g/mol. The fraction of sp³-hybridized carbons (Fsp3) is 0.0455. The van der Waals surface area contributed by atoms with Crippen LogP contribution in [0.5, 0.6) is 0 Å². The molecule has 2 heterocycles. The van der Waals surface area contributed by atoms with Crippen LogP contribution in [0.1, 0.15) is 10.6 Å². The van der Waals surface area contributed by atoms with Crippen LogP contribution in [0.25, 0.3) is 27.8 Å². The lowest BCUT2D eigenvalue weighted by atomic mass is 10.1. The van der Waals surface area contributed by atoms with Crippen LogP contribution in [0.15, 0.2) is 75.4 Å². The minimum atomic E-state index is -4.68.